The van der Waals surface area contributed by atoms with Crippen LogP contribution in [0.1, 0.15) is 31.5 Å². The molecular weight excluding hydrogens is 307 g/mol. The minimum absolute atomic E-state index is 0.0724. The van der Waals surface area contributed by atoms with Gasteiger partial charge in [-0.05, 0) is 26.0 Å². The van der Waals surface area contributed by atoms with Gasteiger partial charge in [0, 0.05) is 11.9 Å². The molecule has 0 aromatic carbocycles. The molecule has 1 N–H and O–H groups in total. The Labute approximate surface area is 124 Å². The first-order chi connectivity index (χ1) is 8.89. The van der Waals surface area contributed by atoms with E-state index in [-0.39, 0.29) is 17.5 Å². The van der Waals surface area contributed by atoms with Gasteiger partial charge in [-0.1, -0.05) is 30.1 Å². The number of aromatic nitrogens is 1. The van der Waals surface area contributed by atoms with Crippen LogP contribution in [0.4, 0.5) is 0 Å². The van der Waals surface area contributed by atoms with Crippen LogP contribution in [0, 0.1) is 0 Å². The van der Waals surface area contributed by atoms with Crippen molar-refractivity contribution in [1.82, 2.24) is 10.3 Å². The maximum absolute atomic E-state index is 11.4. The topological polar surface area (TPSA) is 59.1 Å². The third-order valence-corrected chi connectivity index (χ3v) is 5.20. The standard InChI is InChI=1S/C12H18Cl2N2O2S/c1-3-19(17,18)6-4-5-11(15-2)12-10(14)7-9(13)8-16-12/h7-8,11,15H,3-6H2,1-2H3. The van der Waals surface area contributed by atoms with E-state index in [1.54, 1.807) is 20.0 Å². The summed E-state index contributed by atoms with van der Waals surface area (Å²) in [6.07, 6.45) is 2.77. The molecule has 0 aliphatic carbocycles. The molecule has 0 fully saturated rings. The van der Waals surface area contributed by atoms with Gasteiger partial charge in [-0.25, -0.2) is 8.42 Å². The van der Waals surface area contributed by atoms with Gasteiger partial charge in [0.05, 0.1) is 27.5 Å². The van der Waals surface area contributed by atoms with Crippen molar-refractivity contribution in [1.29, 1.82) is 0 Å². The fraction of sp³-hybridized carbons (Fsp3) is 0.583. The Morgan fingerprint density at radius 1 is 1.42 bits per heavy atom. The van der Waals surface area contributed by atoms with Gasteiger partial charge in [0.15, 0.2) is 0 Å². The molecule has 0 saturated carbocycles. The highest BCUT2D eigenvalue weighted by Crippen LogP contribution is 2.26. The summed E-state index contributed by atoms with van der Waals surface area (Å²) in [6.45, 7) is 1.66. The first-order valence-electron chi connectivity index (χ1n) is 6.08. The molecule has 0 radical (unpaired) electrons. The summed E-state index contributed by atoms with van der Waals surface area (Å²) in [4.78, 5) is 4.21. The fourth-order valence-electron chi connectivity index (χ4n) is 1.75. The van der Waals surface area contributed by atoms with Gasteiger partial charge in [0.25, 0.3) is 0 Å². The van der Waals surface area contributed by atoms with Crippen LogP contribution in [-0.2, 0) is 9.84 Å². The Morgan fingerprint density at radius 2 is 2.11 bits per heavy atom. The van der Waals surface area contributed by atoms with Crippen LogP contribution in [0.2, 0.25) is 10.0 Å². The quantitative estimate of drug-likeness (QED) is 0.837. The van der Waals surface area contributed by atoms with Crippen LogP contribution < -0.4 is 5.32 Å². The van der Waals surface area contributed by atoms with Crippen molar-refractivity contribution in [3.8, 4) is 0 Å². The summed E-state index contributed by atoms with van der Waals surface area (Å²) in [5.74, 6) is 0.365. The van der Waals surface area contributed by atoms with Crippen LogP contribution in [-0.4, -0.2) is 32.0 Å². The van der Waals surface area contributed by atoms with E-state index in [1.807, 2.05) is 0 Å². The first-order valence-corrected chi connectivity index (χ1v) is 8.66. The number of hydrogen-bond donors (Lipinski definition) is 1. The van der Waals surface area contributed by atoms with Crippen molar-refractivity contribution in [2.45, 2.75) is 25.8 Å². The van der Waals surface area contributed by atoms with Crippen molar-refractivity contribution in [3.63, 3.8) is 0 Å². The van der Waals surface area contributed by atoms with Gasteiger partial charge >= 0.3 is 0 Å². The number of halogens is 2. The monoisotopic (exact) mass is 324 g/mol. The highest BCUT2D eigenvalue weighted by Gasteiger charge is 2.16. The van der Waals surface area contributed by atoms with Crippen molar-refractivity contribution >= 4 is 33.0 Å². The lowest BCUT2D eigenvalue weighted by atomic mass is 10.1. The predicted octanol–water partition coefficient (Wildman–Crippen LogP) is 2.86. The summed E-state index contributed by atoms with van der Waals surface area (Å²) in [5.41, 5.74) is 0.697. The van der Waals surface area contributed by atoms with Crippen LogP contribution in [0.15, 0.2) is 12.3 Å². The smallest absolute Gasteiger partial charge is 0.150 e. The molecule has 1 heterocycles. The first kappa shape index (κ1) is 16.7. The normalized spacial score (nSPS) is 13.5. The van der Waals surface area contributed by atoms with E-state index in [0.29, 0.717) is 28.6 Å². The van der Waals surface area contributed by atoms with Crippen LogP contribution >= 0.6 is 23.2 Å². The van der Waals surface area contributed by atoms with E-state index in [0.717, 1.165) is 0 Å². The van der Waals surface area contributed by atoms with E-state index in [4.69, 9.17) is 23.2 Å². The third-order valence-electron chi connectivity index (χ3n) is 2.90. The van der Waals surface area contributed by atoms with Gasteiger partial charge in [-0.15, -0.1) is 0 Å². The number of pyridine rings is 1. The summed E-state index contributed by atoms with van der Waals surface area (Å²) in [5, 5.41) is 4.07. The fourth-order valence-corrected chi connectivity index (χ4v) is 3.16. The van der Waals surface area contributed by atoms with Gasteiger partial charge in [-0.2, -0.15) is 0 Å². The lowest BCUT2D eigenvalue weighted by Crippen LogP contribution is -2.19. The predicted molar refractivity (Wildman–Crippen MR) is 79.6 cm³/mol. The second kappa shape index (κ2) is 7.43. The molecule has 1 rings (SSSR count). The van der Waals surface area contributed by atoms with E-state index >= 15 is 0 Å². The zero-order valence-electron chi connectivity index (χ0n) is 11.0. The Balaban J connectivity index is 2.68. The van der Waals surface area contributed by atoms with E-state index in [1.165, 1.54) is 6.20 Å². The van der Waals surface area contributed by atoms with E-state index < -0.39 is 9.84 Å². The SMILES string of the molecule is CCS(=O)(=O)CCCC(NC)c1ncc(Cl)cc1Cl. The van der Waals surface area contributed by atoms with Gasteiger partial charge in [-0.3, -0.25) is 4.98 Å². The molecule has 1 unspecified atom stereocenters. The Morgan fingerprint density at radius 3 is 2.63 bits per heavy atom. The second-order valence-corrected chi connectivity index (χ2v) is 7.56. The van der Waals surface area contributed by atoms with Gasteiger partial charge in [0.1, 0.15) is 9.84 Å². The summed E-state index contributed by atoms with van der Waals surface area (Å²) in [6, 6.07) is 1.57. The zero-order valence-corrected chi connectivity index (χ0v) is 13.3. The number of nitrogens with zero attached hydrogens (tertiary/aromatic N) is 1. The zero-order chi connectivity index (χ0) is 14.5. The van der Waals surface area contributed by atoms with Gasteiger partial charge in [0.2, 0.25) is 0 Å². The number of hydrogen-bond acceptors (Lipinski definition) is 4. The third kappa shape index (κ3) is 5.26. The summed E-state index contributed by atoms with van der Waals surface area (Å²) in [7, 11) is -1.13. The Bertz CT molecular complexity index is 520. The van der Waals surface area contributed by atoms with Crippen molar-refractivity contribution in [2.24, 2.45) is 0 Å². The average Bonchev–Trinajstić information content (AvgIpc) is 2.36. The Hall–Kier alpha value is -0.360. The van der Waals surface area contributed by atoms with Crippen molar-refractivity contribution < 1.29 is 8.42 Å². The van der Waals surface area contributed by atoms with Crippen molar-refractivity contribution in [2.75, 3.05) is 18.6 Å². The second-order valence-electron chi connectivity index (χ2n) is 4.24. The molecule has 1 aromatic heterocycles. The molecule has 7 heteroatoms. The molecule has 0 bridgehead atoms. The minimum atomic E-state index is -2.92. The maximum Gasteiger partial charge on any atom is 0.150 e. The van der Waals surface area contributed by atoms with Gasteiger partial charge < -0.3 is 5.32 Å². The van der Waals surface area contributed by atoms with Crippen molar-refractivity contribution in [3.05, 3.63) is 28.0 Å². The number of sulfone groups is 1. The molecule has 19 heavy (non-hydrogen) atoms. The highest BCUT2D eigenvalue weighted by atomic mass is 35.5. The van der Waals surface area contributed by atoms with Crippen LogP contribution in [0.3, 0.4) is 0 Å². The van der Waals surface area contributed by atoms with Crippen LogP contribution in [0.5, 0.6) is 0 Å². The molecule has 108 valence electrons. The average molecular weight is 325 g/mol. The number of rotatable bonds is 7. The Kier molecular flexibility index (Phi) is 6.53. The molecule has 0 spiro atoms. The molecule has 1 atom stereocenters. The number of nitrogens with one attached hydrogen (secondary N) is 1. The summed E-state index contributed by atoms with van der Waals surface area (Å²) >= 11 is 11.9. The summed E-state index contributed by atoms with van der Waals surface area (Å²) < 4.78 is 22.9. The molecule has 0 aliphatic rings. The molecule has 0 saturated heterocycles. The van der Waals surface area contributed by atoms with E-state index in [2.05, 4.69) is 10.3 Å². The highest BCUT2D eigenvalue weighted by molar-refractivity contribution is 7.91. The van der Waals surface area contributed by atoms with Crippen LogP contribution in [0.25, 0.3) is 0 Å². The largest absolute Gasteiger partial charge is 0.312 e. The molecule has 4 nitrogen and oxygen atoms in total. The maximum atomic E-state index is 11.4. The lowest BCUT2D eigenvalue weighted by molar-refractivity contribution is 0.524. The molecule has 0 amide bonds. The molecule has 1 aromatic rings. The lowest BCUT2D eigenvalue weighted by Gasteiger charge is -2.16. The molecule has 0 aliphatic heterocycles. The molecular formula is C12H18Cl2N2O2S. The minimum Gasteiger partial charge on any atom is -0.312 e. The van der Waals surface area contributed by atoms with E-state index in [9.17, 15) is 8.42 Å².